The van der Waals surface area contributed by atoms with E-state index in [1.54, 1.807) is 0 Å². The zero-order valence-corrected chi connectivity index (χ0v) is 9.21. The molecule has 80 valence electrons. The first-order chi connectivity index (χ1) is 6.20. The van der Waals surface area contributed by atoms with Crippen molar-refractivity contribution in [3.05, 3.63) is 0 Å². The molecule has 0 aliphatic rings. The summed E-state index contributed by atoms with van der Waals surface area (Å²) in [6.45, 7) is 6.07. The molecule has 0 amide bonds. The number of hydrogen-bond acceptors (Lipinski definition) is 4. The quantitative estimate of drug-likeness (QED) is 0.514. The summed E-state index contributed by atoms with van der Waals surface area (Å²) < 4.78 is 0. The zero-order chi connectivity index (χ0) is 10.1. The van der Waals surface area contributed by atoms with Gasteiger partial charge < -0.3 is 16.0 Å². The summed E-state index contributed by atoms with van der Waals surface area (Å²) in [7, 11) is 6.17. The Morgan fingerprint density at radius 1 is 1.08 bits per heavy atom. The van der Waals surface area contributed by atoms with Crippen molar-refractivity contribution in [1.29, 1.82) is 0 Å². The Bertz CT molecular complexity index is 106. The van der Waals surface area contributed by atoms with Crippen molar-refractivity contribution in [3.63, 3.8) is 0 Å². The molecule has 0 heterocycles. The lowest BCUT2D eigenvalue weighted by Gasteiger charge is -2.23. The summed E-state index contributed by atoms with van der Waals surface area (Å²) in [6.07, 6.45) is 0. The largest absolute Gasteiger partial charge is 0.329 e. The maximum absolute atomic E-state index is 5.53. The average Bonchev–Trinajstić information content (AvgIpc) is 2.09. The van der Waals surface area contributed by atoms with Crippen LogP contribution in [0, 0.1) is 0 Å². The molecule has 0 spiro atoms. The Morgan fingerprint density at radius 2 is 1.77 bits per heavy atom. The molecule has 0 aliphatic carbocycles. The van der Waals surface area contributed by atoms with E-state index in [1.807, 2.05) is 7.05 Å². The van der Waals surface area contributed by atoms with Gasteiger partial charge in [-0.15, -0.1) is 0 Å². The normalized spacial score (nSPS) is 11.5. The smallest absolute Gasteiger partial charge is 0.0110 e. The van der Waals surface area contributed by atoms with E-state index in [4.69, 9.17) is 5.73 Å². The monoisotopic (exact) mass is 188 g/mol. The molecule has 3 N–H and O–H groups in total. The molecule has 0 fully saturated rings. The number of nitrogens with zero attached hydrogens (tertiary/aromatic N) is 2. The van der Waals surface area contributed by atoms with Crippen molar-refractivity contribution in [2.24, 2.45) is 5.73 Å². The first-order valence-electron chi connectivity index (χ1n) is 4.92. The van der Waals surface area contributed by atoms with E-state index in [0.29, 0.717) is 0 Å². The van der Waals surface area contributed by atoms with Crippen molar-refractivity contribution in [2.45, 2.75) is 0 Å². The van der Waals surface area contributed by atoms with E-state index >= 15 is 0 Å². The Balaban J connectivity index is 3.53. The van der Waals surface area contributed by atoms with E-state index in [0.717, 1.165) is 39.3 Å². The Morgan fingerprint density at radius 3 is 2.23 bits per heavy atom. The van der Waals surface area contributed by atoms with E-state index in [9.17, 15) is 0 Å². The van der Waals surface area contributed by atoms with Gasteiger partial charge in [0.05, 0.1) is 0 Å². The van der Waals surface area contributed by atoms with Gasteiger partial charge in [0, 0.05) is 39.3 Å². The molecule has 0 atom stereocenters. The second-order valence-electron chi connectivity index (χ2n) is 3.54. The number of likely N-dealkylation sites (N-methyl/N-ethyl adjacent to an activating group) is 2. The fourth-order valence-corrected chi connectivity index (χ4v) is 1.13. The first-order valence-corrected chi connectivity index (χ1v) is 4.92. The van der Waals surface area contributed by atoms with Gasteiger partial charge in [-0.05, 0) is 21.1 Å². The summed E-state index contributed by atoms with van der Waals surface area (Å²) in [5.74, 6) is 0. The molecule has 4 heteroatoms. The third-order valence-corrected chi connectivity index (χ3v) is 1.99. The second-order valence-corrected chi connectivity index (χ2v) is 3.54. The van der Waals surface area contributed by atoms with Gasteiger partial charge >= 0.3 is 0 Å². The number of rotatable bonds is 8. The van der Waals surface area contributed by atoms with Crippen LogP contribution in [0.3, 0.4) is 0 Å². The van der Waals surface area contributed by atoms with Crippen LogP contribution in [0.15, 0.2) is 0 Å². The molecule has 0 saturated heterocycles. The molecule has 0 radical (unpaired) electrons. The van der Waals surface area contributed by atoms with Crippen LogP contribution in [-0.2, 0) is 0 Å². The molecule has 0 saturated carbocycles. The van der Waals surface area contributed by atoms with Gasteiger partial charge in [-0.2, -0.15) is 0 Å². The van der Waals surface area contributed by atoms with Crippen molar-refractivity contribution in [1.82, 2.24) is 15.1 Å². The average molecular weight is 188 g/mol. The zero-order valence-electron chi connectivity index (χ0n) is 9.21. The first kappa shape index (κ1) is 12.8. The van der Waals surface area contributed by atoms with Crippen LogP contribution in [0.25, 0.3) is 0 Å². The van der Waals surface area contributed by atoms with E-state index in [2.05, 4.69) is 29.2 Å². The highest BCUT2D eigenvalue weighted by atomic mass is 15.2. The fourth-order valence-electron chi connectivity index (χ4n) is 1.13. The number of nitrogens with two attached hydrogens (primary N) is 1. The van der Waals surface area contributed by atoms with Crippen molar-refractivity contribution < 1.29 is 0 Å². The van der Waals surface area contributed by atoms with Crippen LogP contribution in [0.5, 0.6) is 0 Å². The minimum absolute atomic E-state index is 0.747. The third-order valence-electron chi connectivity index (χ3n) is 1.99. The van der Waals surface area contributed by atoms with E-state index < -0.39 is 0 Å². The van der Waals surface area contributed by atoms with Crippen LogP contribution in [0.2, 0.25) is 0 Å². The predicted octanol–water partition coefficient (Wildman–Crippen LogP) is -0.972. The van der Waals surface area contributed by atoms with Crippen LogP contribution in [0.4, 0.5) is 0 Å². The Labute approximate surface area is 82.1 Å². The van der Waals surface area contributed by atoms with E-state index in [1.165, 1.54) is 0 Å². The minimum atomic E-state index is 0.747. The summed E-state index contributed by atoms with van der Waals surface area (Å²) in [5.41, 5.74) is 5.53. The molecule has 0 rings (SSSR count). The molecule has 13 heavy (non-hydrogen) atoms. The maximum Gasteiger partial charge on any atom is 0.0110 e. The topological polar surface area (TPSA) is 44.5 Å². The van der Waals surface area contributed by atoms with Gasteiger partial charge in [0.15, 0.2) is 0 Å². The predicted molar refractivity (Wildman–Crippen MR) is 58.0 cm³/mol. The van der Waals surface area contributed by atoms with Crippen LogP contribution in [-0.4, -0.2) is 70.2 Å². The summed E-state index contributed by atoms with van der Waals surface area (Å²) in [5, 5.41) is 3.15. The van der Waals surface area contributed by atoms with Gasteiger partial charge in [-0.25, -0.2) is 0 Å². The summed E-state index contributed by atoms with van der Waals surface area (Å²) in [6, 6.07) is 0. The third kappa shape index (κ3) is 8.18. The lowest BCUT2D eigenvalue weighted by atomic mass is 10.4. The minimum Gasteiger partial charge on any atom is -0.329 e. The number of hydrogen-bond donors (Lipinski definition) is 2. The Hall–Kier alpha value is -0.160. The molecule has 4 nitrogen and oxygen atoms in total. The fraction of sp³-hybridized carbons (Fsp3) is 1.00. The number of nitrogens with one attached hydrogen (secondary N) is 1. The van der Waals surface area contributed by atoms with Crippen LogP contribution in [0.1, 0.15) is 0 Å². The molecule has 0 bridgehead atoms. The van der Waals surface area contributed by atoms with Gasteiger partial charge in [-0.3, -0.25) is 4.90 Å². The second kappa shape index (κ2) is 8.44. The molecule has 0 aromatic rings. The van der Waals surface area contributed by atoms with Crippen molar-refractivity contribution in [2.75, 3.05) is 60.4 Å². The SMILES string of the molecule is CNCCN(CCN)CCN(C)C. The molecule has 0 aliphatic heterocycles. The maximum atomic E-state index is 5.53. The summed E-state index contributed by atoms with van der Waals surface area (Å²) in [4.78, 5) is 4.58. The highest BCUT2D eigenvalue weighted by molar-refractivity contribution is 4.61. The van der Waals surface area contributed by atoms with E-state index in [-0.39, 0.29) is 0 Å². The van der Waals surface area contributed by atoms with Crippen LogP contribution < -0.4 is 11.1 Å². The molecular weight excluding hydrogens is 164 g/mol. The lowest BCUT2D eigenvalue weighted by molar-refractivity contribution is 0.247. The standard InChI is InChI=1S/C9H24N4/c1-11-5-7-13(6-4-10)9-8-12(2)3/h11H,4-10H2,1-3H3. The molecule has 0 aromatic carbocycles. The molecule has 0 unspecified atom stereocenters. The lowest BCUT2D eigenvalue weighted by Crippen LogP contribution is -2.38. The van der Waals surface area contributed by atoms with Gasteiger partial charge in [0.2, 0.25) is 0 Å². The molecular formula is C9H24N4. The van der Waals surface area contributed by atoms with Gasteiger partial charge in [0.1, 0.15) is 0 Å². The highest BCUT2D eigenvalue weighted by Gasteiger charge is 2.02. The van der Waals surface area contributed by atoms with Crippen LogP contribution >= 0.6 is 0 Å². The van der Waals surface area contributed by atoms with Gasteiger partial charge in [0.25, 0.3) is 0 Å². The van der Waals surface area contributed by atoms with Crippen molar-refractivity contribution >= 4 is 0 Å². The molecule has 0 aromatic heterocycles. The summed E-state index contributed by atoms with van der Waals surface area (Å²) >= 11 is 0. The van der Waals surface area contributed by atoms with Gasteiger partial charge in [-0.1, -0.05) is 0 Å². The Kier molecular flexibility index (Phi) is 8.33. The highest BCUT2D eigenvalue weighted by Crippen LogP contribution is 1.86. The van der Waals surface area contributed by atoms with Crippen molar-refractivity contribution in [3.8, 4) is 0 Å².